The number of nitrogens with zero attached hydrogens (tertiary/aromatic N) is 3. The number of hydrogen-bond donors (Lipinski definition) is 2. The van der Waals surface area contributed by atoms with Gasteiger partial charge >= 0.3 is 0 Å². The molecule has 2 heterocycles. The lowest BCUT2D eigenvalue weighted by molar-refractivity contribution is -0.115. The van der Waals surface area contributed by atoms with Crippen LogP contribution in [0.5, 0.6) is 0 Å². The summed E-state index contributed by atoms with van der Waals surface area (Å²) in [5.74, 6) is 1.33. The van der Waals surface area contributed by atoms with Crippen molar-refractivity contribution in [2.45, 2.75) is 6.92 Å². The molecule has 2 rings (SSSR count). The number of rotatable bonds is 4. The minimum Gasteiger partial charge on any atom is -0.382 e. The third-order valence-corrected chi connectivity index (χ3v) is 2.90. The number of allylic oxidation sites excluding steroid dienone is 2. The molecule has 1 aliphatic rings. The molecule has 0 aromatic carbocycles. The van der Waals surface area contributed by atoms with Gasteiger partial charge in [-0.05, 0) is 12.5 Å². The summed E-state index contributed by atoms with van der Waals surface area (Å²) in [6.07, 6.45) is 5.25. The molecule has 0 aliphatic carbocycles. The number of fused-ring (bicyclic) bond motifs is 1. The summed E-state index contributed by atoms with van der Waals surface area (Å²) in [6, 6.07) is 0. The molecule has 0 saturated carbocycles. The molecule has 0 unspecified atom stereocenters. The minimum absolute atomic E-state index is 0.140. The van der Waals surface area contributed by atoms with Gasteiger partial charge in [0.25, 0.3) is 0 Å². The van der Waals surface area contributed by atoms with Gasteiger partial charge in [0.1, 0.15) is 11.5 Å². The van der Waals surface area contributed by atoms with E-state index in [9.17, 15) is 4.79 Å². The van der Waals surface area contributed by atoms with Gasteiger partial charge in [-0.15, -0.1) is 0 Å². The van der Waals surface area contributed by atoms with Crippen molar-refractivity contribution in [3.63, 3.8) is 0 Å². The largest absolute Gasteiger partial charge is 0.382 e. The zero-order chi connectivity index (χ0) is 14.7. The van der Waals surface area contributed by atoms with E-state index >= 15 is 0 Å². The van der Waals surface area contributed by atoms with Gasteiger partial charge in [-0.3, -0.25) is 4.79 Å². The van der Waals surface area contributed by atoms with Crippen molar-refractivity contribution in [2.75, 3.05) is 29.0 Å². The van der Waals surface area contributed by atoms with Gasteiger partial charge < -0.3 is 16.0 Å². The molecule has 6 nitrogen and oxygen atoms in total. The van der Waals surface area contributed by atoms with Crippen LogP contribution in [0.15, 0.2) is 37.0 Å². The van der Waals surface area contributed by atoms with Crippen molar-refractivity contribution in [3.05, 3.63) is 42.8 Å². The van der Waals surface area contributed by atoms with Crippen molar-refractivity contribution in [1.29, 1.82) is 0 Å². The molecule has 1 aliphatic heterocycles. The van der Waals surface area contributed by atoms with E-state index in [1.54, 1.807) is 19.1 Å². The number of aryl methyl sites for hydroxylation is 1. The van der Waals surface area contributed by atoms with Gasteiger partial charge in [-0.1, -0.05) is 31.4 Å². The molecule has 20 heavy (non-hydrogen) atoms. The Morgan fingerprint density at radius 2 is 2.25 bits per heavy atom. The summed E-state index contributed by atoms with van der Waals surface area (Å²) in [7, 11) is 0. The molecule has 0 fully saturated rings. The number of nitrogens with one attached hydrogen (secondary N) is 1. The molecule has 1 amide bonds. The van der Waals surface area contributed by atoms with Crippen molar-refractivity contribution in [2.24, 2.45) is 0 Å². The first-order chi connectivity index (χ1) is 9.55. The SMILES string of the molecule is C=C/C=C(\C=C)CN1CC(=O)Nc2c(N)nc(C)nc21. The number of anilines is 3. The lowest BCUT2D eigenvalue weighted by atomic mass is 10.2. The fourth-order valence-corrected chi connectivity index (χ4v) is 2.04. The van der Waals surface area contributed by atoms with Gasteiger partial charge in [-0.2, -0.15) is 0 Å². The Labute approximate surface area is 117 Å². The summed E-state index contributed by atoms with van der Waals surface area (Å²) in [5.41, 5.74) is 7.25. The summed E-state index contributed by atoms with van der Waals surface area (Å²) in [6.45, 7) is 9.90. The minimum atomic E-state index is -0.140. The zero-order valence-corrected chi connectivity index (χ0v) is 11.4. The predicted octanol–water partition coefficient (Wildman–Crippen LogP) is 1.42. The Bertz CT molecular complexity index is 606. The van der Waals surface area contributed by atoms with Crippen LogP contribution < -0.4 is 16.0 Å². The van der Waals surface area contributed by atoms with Crippen LogP contribution in [0.2, 0.25) is 0 Å². The number of hydrogen-bond acceptors (Lipinski definition) is 5. The molecule has 6 heteroatoms. The Balaban J connectivity index is 2.42. The highest BCUT2D eigenvalue weighted by atomic mass is 16.2. The Morgan fingerprint density at radius 3 is 2.90 bits per heavy atom. The summed E-state index contributed by atoms with van der Waals surface area (Å²) in [5, 5.41) is 2.71. The van der Waals surface area contributed by atoms with E-state index in [0.29, 0.717) is 23.9 Å². The third kappa shape index (κ3) is 2.69. The van der Waals surface area contributed by atoms with Crippen LogP contribution in [0.1, 0.15) is 5.82 Å². The van der Waals surface area contributed by atoms with Crippen LogP contribution >= 0.6 is 0 Å². The van der Waals surface area contributed by atoms with E-state index in [-0.39, 0.29) is 18.3 Å². The Kier molecular flexibility index (Phi) is 3.84. The van der Waals surface area contributed by atoms with Gasteiger partial charge in [0, 0.05) is 6.54 Å². The monoisotopic (exact) mass is 271 g/mol. The molecule has 0 saturated heterocycles. The molecule has 0 radical (unpaired) electrons. The van der Waals surface area contributed by atoms with E-state index in [1.165, 1.54) is 0 Å². The second-order valence-corrected chi connectivity index (χ2v) is 4.44. The maximum atomic E-state index is 11.8. The fourth-order valence-electron chi connectivity index (χ4n) is 2.04. The number of carbonyl (C=O) groups excluding carboxylic acids is 1. The van der Waals surface area contributed by atoms with Crippen molar-refractivity contribution < 1.29 is 4.79 Å². The normalized spacial score (nSPS) is 14.6. The predicted molar refractivity (Wildman–Crippen MR) is 80.5 cm³/mol. The molecule has 104 valence electrons. The first-order valence-electron chi connectivity index (χ1n) is 6.18. The number of nitrogens with two attached hydrogens (primary N) is 1. The van der Waals surface area contributed by atoms with Gasteiger partial charge in [0.2, 0.25) is 5.91 Å². The summed E-state index contributed by atoms with van der Waals surface area (Å²) >= 11 is 0. The molecule has 1 aromatic heterocycles. The smallest absolute Gasteiger partial charge is 0.244 e. The summed E-state index contributed by atoms with van der Waals surface area (Å²) in [4.78, 5) is 22.1. The Hall–Kier alpha value is -2.63. The fraction of sp³-hybridized carbons (Fsp3) is 0.214. The van der Waals surface area contributed by atoms with E-state index < -0.39 is 0 Å². The van der Waals surface area contributed by atoms with E-state index in [0.717, 1.165) is 5.57 Å². The molecule has 0 atom stereocenters. The highest BCUT2D eigenvalue weighted by Crippen LogP contribution is 2.31. The highest BCUT2D eigenvalue weighted by molar-refractivity contribution is 6.03. The van der Waals surface area contributed by atoms with E-state index in [4.69, 9.17) is 5.73 Å². The van der Waals surface area contributed by atoms with Crippen molar-refractivity contribution in [3.8, 4) is 0 Å². The quantitative estimate of drug-likeness (QED) is 0.809. The van der Waals surface area contributed by atoms with Crippen LogP contribution in [0.3, 0.4) is 0 Å². The molecule has 1 aromatic rings. The van der Waals surface area contributed by atoms with Gasteiger partial charge in [0.15, 0.2) is 11.6 Å². The van der Waals surface area contributed by atoms with E-state index in [2.05, 4.69) is 28.4 Å². The average molecular weight is 271 g/mol. The lowest BCUT2D eigenvalue weighted by Crippen LogP contribution is -2.40. The number of carbonyl (C=O) groups is 1. The maximum absolute atomic E-state index is 11.8. The Morgan fingerprint density at radius 1 is 1.50 bits per heavy atom. The molecule has 3 N–H and O–H groups in total. The highest BCUT2D eigenvalue weighted by Gasteiger charge is 2.26. The molecular formula is C14H17N5O. The van der Waals surface area contributed by atoms with Crippen LogP contribution in [0.25, 0.3) is 0 Å². The van der Waals surface area contributed by atoms with E-state index in [1.807, 2.05) is 11.0 Å². The third-order valence-electron chi connectivity index (χ3n) is 2.90. The van der Waals surface area contributed by atoms with Crippen LogP contribution in [0, 0.1) is 6.92 Å². The van der Waals surface area contributed by atoms with Crippen molar-refractivity contribution in [1.82, 2.24) is 9.97 Å². The van der Waals surface area contributed by atoms with Crippen LogP contribution in [-0.2, 0) is 4.79 Å². The van der Waals surface area contributed by atoms with Crippen molar-refractivity contribution >= 4 is 23.2 Å². The molecular weight excluding hydrogens is 254 g/mol. The first kappa shape index (κ1) is 13.8. The lowest BCUT2D eigenvalue weighted by Gasteiger charge is -2.30. The summed E-state index contributed by atoms with van der Waals surface area (Å²) < 4.78 is 0. The maximum Gasteiger partial charge on any atom is 0.244 e. The van der Waals surface area contributed by atoms with Gasteiger partial charge in [-0.25, -0.2) is 9.97 Å². The van der Waals surface area contributed by atoms with Gasteiger partial charge in [0.05, 0.1) is 6.54 Å². The van der Waals surface area contributed by atoms with Crippen LogP contribution in [0.4, 0.5) is 17.3 Å². The number of aromatic nitrogens is 2. The second kappa shape index (κ2) is 5.56. The second-order valence-electron chi connectivity index (χ2n) is 4.44. The molecule has 0 bridgehead atoms. The number of amides is 1. The zero-order valence-electron chi connectivity index (χ0n) is 11.4. The number of nitrogen functional groups attached to an aromatic ring is 1. The average Bonchev–Trinajstić information content (AvgIpc) is 2.39. The standard InChI is InChI=1S/C14H17N5O/c1-4-6-10(5-2)7-19-8-11(20)18-12-13(15)16-9(3)17-14(12)19/h4-6H,1-2,7-8H2,3H3,(H,18,20)(H2,15,16,17)/b10-6+. The van der Waals surface area contributed by atoms with Crippen LogP contribution in [-0.4, -0.2) is 29.0 Å². The molecule has 0 spiro atoms. The first-order valence-corrected chi connectivity index (χ1v) is 6.18. The topological polar surface area (TPSA) is 84.1 Å².